The van der Waals surface area contributed by atoms with E-state index < -0.39 is 0 Å². The summed E-state index contributed by atoms with van der Waals surface area (Å²) in [5.41, 5.74) is 2.06. The number of piperazine rings is 1. The van der Waals surface area contributed by atoms with Gasteiger partial charge in [0.25, 0.3) is 0 Å². The van der Waals surface area contributed by atoms with Crippen LogP contribution in [0.1, 0.15) is 30.7 Å². The van der Waals surface area contributed by atoms with Gasteiger partial charge in [-0.2, -0.15) is 0 Å². The fourth-order valence-corrected chi connectivity index (χ4v) is 4.58. The van der Waals surface area contributed by atoms with Crippen LogP contribution in [0.15, 0.2) is 6.20 Å². The number of hydrogen-bond acceptors (Lipinski definition) is 5. The number of likely N-dealkylation sites (tertiary alicyclic amines) is 1. The summed E-state index contributed by atoms with van der Waals surface area (Å²) in [4.78, 5) is 16.9. The van der Waals surface area contributed by atoms with E-state index in [0.717, 1.165) is 55.3 Å². The summed E-state index contributed by atoms with van der Waals surface area (Å²) in [6.45, 7) is 12.4. The summed E-state index contributed by atoms with van der Waals surface area (Å²) in [6.07, 6.45) is 6.26. The van der Waals surface area contributed by atoms with Crippen LogP contribution in [0.3, 0.4) is 0 Å². The zero-order valence-electron chi connectivity index (χ0n) is 14.5. The van der Waals surface area contributed by atoms with Crippen LogP contribution in [-0.2, 0) is 0 Å². The molecule has 1 aromatic rings. The van der Waals surface area contributed by atoms with E-state index >= 15 is 0 Å². The standard InChI is InChI=1S/C18H29N5/c1-14-12-19-15(2)18(20-14)22-8-5-21(6-9-22)7-10-23-13-16-3-4-17(23)11-16/h12,16-17H,3-11,13H2,1-2H3/t16-,17+/m0/s1. The number of aryl methyl sites for hydroxylation is 2. The van der Waals surface area contributed by atoms with Crippen molar-refractivity contribution in [3.05, 3.63) is 17.6 Å². The Kier molecular flexibility index (Phi) is 4.24. The van der Waals surface area contributed by atoms with Gasteiger partial charge in [0.05, 0.1) is 11.4 Å². The van der Waals surface area contributed by atoms with Crippen LogP contribution in [0, 0.1) is 19.8 Å². The molecule has 0 unspecified atom stereocenters. The summed E-state index contributed by atoms with van der Waals surface area (Å²) < 4.78 is 0. The SMILES string of the molecule is Cc1cnc(C)c(N2CCN(CCN3C[C@H]4CC[C@@H]3C4)CC2)n1. The quantitative estimate of drug-likeness (QED) is 0.845. The highest BCUT2D eigenvalue weighted by molar-refractivity contribution is 5.43. The van der Waals surface area contributed by atoms with Crippen LogP contribution in [0.2, 0.25) is 0 Å². The molecule has 1 aromatic heterocycles. The van der Waals surface area contributed by atoms with Gasteiger partial charge >= 0.3 is 0 Å². The predicted molar refractivity (Wildman–Crippen MR) is 92.9 cm³/mol. The highest BCUT2D eigenvalue weighted by atomic mass is 15.3. The normalized spacial score (nSPS) is 28.7. The van der Waals surface area contributed by atoms with Crippen molar-refractivity contribution in [2.24, 2.45) is 5.92 Å². The van der Waals surface area contributed by atoms with Gasteiger partial charge in [0, 0.05) is 58.1 Å². The van der Waals surface area contributed by atoms with Gasteiger partial charge in [-0.25, -0.2) is 4.98 Å². The molecule has 3 fully saturated rings. The first kappa shape index (κ1) is 15.3. The molecule has 2 aliphatic heterocycles. The molecule has 1 aliphatic carbocycles. The van der Waals surface area contributed by atoms with E-state index in [9.17, 15) is 0 Å². The van der Waals surface area contributed by atoms with Gasteiger partial charge in [0.15, 0.2) is 0 Å². The predicted octanol–water partition coefficient (Wildman–Crippen LogP) is 1.70. The van der Waals surface area contributed by atoms with E-state index in [1.807, 2.05) is 13.1 Å². The number of rotatable bonds is 4. The fourth-order valence-electron chi connectivity index (χ4n) is 4.58. The summed E-state index contributed by atoms with van der Waals surface area (Å²) in [6, 6.07) is 0.909. The van der Waals surface area contributed by atoms with E-state index in [2.05, 4.69) is 26.6 Å². The van der Waals surface area contributed by atoms with Crippen LogP contribution in [0.25, 0.3) is 0 Å². The first-order chi connectivity index (χ1) is 11.2. The maximum Gasteiger partial charge on any atom is 0.150 e. The van der Waals surface area contributed by atoms with E-state index in [4.69, 9.17) is 4.98 Å². The van der Waals surface area contributed by atoms with Crippen LogP contribution >= 0.6 is 0 Å². The van der Waals surface area contributed by atoms with Crippen molar-refractivity contribution in [3.8, 4) is 0 Å². The average molecular weight is 315 g/mol. The van der Waals surface area contributed by atoms with Gasteiger partial charge in [-0.3, -0.25) is 14.8 Å². The second-order valence-corrected chi connectivity index (χ2v) is 7.58. The highest BCUT2D eigenvalue weighted by Crippen LogP contribution is 2.36. The maximum atomic E-state index is 4.69. The molecule has 2 atom stereocenters. The van der Waals surface area contributed by atoms with E-state index in [1.165, 1.54) is 38.9 Å². The van der Waals surface area contributed by atoms with Gasteiger partial charge in [0.2, 0.25) is 0 Å². The number of nitrogens with zero attached hydrogens (tertiary/aromatic N) is 5. The van der Waals surface area contributed by atoms with E-state index in [0.29, 0.717) is 0 Å². The van der Waals surface area contributed by atoms with Crippen LogP contribution in [-0.4, -0.2) is 71.6 Å². The summed E-state index contributed by atoms with van der Waals surface area (Å²) in [5.74, 6) is 2.10. The first-order valence-electron chi connectivity index (χ1n) is 9.20. The Labute approximate surface area is 139 Å². The third-order valence-electron chi connectivity index (χ3n) is 5.95. The van der Waals surface area contributed by atoms with Crippen LogP contribution in [0.4, 0.5) is 5.82 Å². The maximum absolute atomic E-state index is 4.69. The molecular weight excluding hydrogens is 286 g/mol. The topological polar surface area (TPSA) is 35.5 Å². The molecule has 126 valence electrons. The average Bonchev–Trinajstić information content (AvgIpc) is 3.19. The molecule has 0 N–H and O–H groups in total. The Morgan fingerprint density at radius 1 is 1.09 bits per heavy atom. The van der Waals surface area contributed by atoms with Gasteiger partial charge in [-0.1, -0.05) is 0 Å². The van der Waals surface area contributed by atoms with E-state index in [1.54, 1.807) is 0 Å². The Hall–Kier alpha value is -1.20. The Morgan fingerprint density at radius 2 is 1.91 bits per heavy atom. The molecule has 2 bridgehead atoms. The molecule has 5 nitrogen and oxygen atoms in total. The van der Waals surface area contributed by atoms with Crippen molar-refractivity contribution >= 4 is 5.82 Å². The number of piperidine rings is 1. The molecule has 1 saturated carbocycles. The van der Waals surface area contributed by atoms with Crippen molar-refractivity contribution < 1.29 is 0 Å². The highest BCUT2D eigenvalue weighted by Gasteiger charge is 2.37. The minimum absolute atomic E-state index is 0.909. The smallest absolute Gasteiger partial charge is 0.150 e. The molecule has 0 aromatic carbocycles. The molecule has 23 heavy (non-hydrogen) atoms. The van der Waals surface area contributed by atoms with E-state index in [-0.39, 0.29) is 0 Å². The Balaban J connectivity index is 1.27. The Bertz CT molecular complexity index is 552. The van der Waals surface area contributed by atoms with Gasteiger partial charge in [0.1, 0.15) is 5.82 Å². The zero-order chi connectivity index (χ0) is 15.8. The van der Waals surface area contributed by atoms with Gasteiger partial charge < -0.3 is 4.90 Å². The van der Waals surface area contributed by atoms with Crippen molar-refractivity contribution in [3.63, 3.8) is 0 Å². The largest absolute Gasteiger partial charge is 0.353 e. The molecule has 0 amide bonds. The summed E-state index contributed by atoms with van der Waals surface area (Å²) in [5, 5.41) is 0. The molecule has 2 saturated heterocycles. The Morgan fingerprint density at radius 3 is 2.61 bits per heavy atom. The number of aromatic nitrogens is 2. The fraction of sp³-hybridized carbons (Fsp3) is 0.778. The van der Waals surface area contributed by atoms with Crippen molar-refractivity contribution in [1.29, 1.82) is 0 Å². The number of fused-ring (bicyclic) bond motifs is 2. The second kappa shape index (κ2) is 6.36. The van der Waals surface area contributed by atoms with Crippen molar-refractivity contribution in [1.82, 2.24) is 19.8 Å². The third-order valence-corrected chi connectivity index (χ3v) is 5.95. The van der Waals surface area contributed by atoms with Gasteiger partial charge in [-0.05, 0) is 39.0 Å². The van der Waals surface area contributed by atoms with Crippen molar-refractivity contribution in [2.45, 2.75) is 39.2 Å². The first-order valence-corrected chi connectivity index (χ1v) is 9.20. The molecule has 4 rings (SSSR count). The minimum atomic E-state index is 0.909. The lowest BCUT2D eigenvalue weighted by Gasteiger charge is -2.37. The zero-order valence-corrected chi connectivity index (χ0v) is 14.5. The molecular formula is C18H29N5. The molecule has 0 radical (unpaired) electrons. The summed E-state index contributed by atoms with van der Waals surface area (Å²) in [7, 11) is 0. The van der Waals surface area contributed by atoms with Crippen LogP contribution in [0.5, 0.6) is 0 Å². The lowest BCUT2D eigenvalue weighted by atomic mass is 10.1. The summed E-state index contributed by atoms with van der Waals surface area (Å²) >= 11 is 0. The number of anilines is 1. The molecule has 3 aliphatic rings. The van der Waals surface area contributed by atoms with Crippen LogP contribution < -0.4 is 4.90 Å². The second-order valence-electron chi connectivity index (χ2n) is 7.58. The van der Waals surface area contributed by atoms with Crippen molar-refractivity contribution in [2.75, 3.05) is 50.7 Å². The molecule has 5 heteroatoms. The third kappa shape index (κ3) is 3.22. The monoisotopic (exact) mass is 315 g/mol. The molecule has 3 heterocycles. The van der Waals surface area contributed by atoms with Gasteiger partial charge in [-0.15, -0.1) is 0 Å². The minimum Gasteiger partial charge on any atom is -0.353 e. The molecule has 0 spiro atoms. The lowest BCUT2D eigenvalue weighted by Crippen LogP contribution is -2.49. The number of hydrogen-bond donors (Lipinski definition) is 0. The lowest BCUT2D eigenvalue weighted by molar-refractivity contribution is 0.167.